The zero-order valence-corrected chi connectivity index (χ0v) is 16.1. The molecular formula is C14H11Br2F2NO4S. The van der Waals surface area contributed by atoms with Crippen molar-refractivity contribution in [2.24, 2.45) is 0 Å². The third-order valence-corrected chi connectivity index (χ3v) is 5.68. The Morgan fingerprint density at radius 3 is 2.42 bits per heavy atom. The second kappa shape index (κ2) is 7.66. The fourth-order valence-electron chi connectivity index (χ4n) is 1.82. The van der Waals surface area contributed by atoms with Crippen molar-refractivity contribution >= 4 is 47.6 Å². The Labute approximate surface area is 154 Å². The molecule has 0 spiro atoms. The summed E-state index contributed by atoms with van der Waals surface area (Å²) in [4.78, 5) is -0.0102. The molecule has 0 radical (unpaired) electrons. The highest BCUT2D eigenvalue weighted by Gasteiger charge is 2.20. The van der Waals surface area contributed by atoms with E-state index in [9.17, 15) is 17.2 Å². The summed E-state index contributed by atoms with van der Waals surface area (Å²) in [6.45, 7) is -3.06. The average Bonchev–Trinajstić information content (AvgIpc) is 2.49. The molecule has 0 fully saturated rings. The maximum Gasteiger partial charge on any atom is 0.387 e. The second-order valence-electron chi connectivity index (χ2n) is 4.42. The first-order valence-electron chi connectivity index (χ1n) is 6.33. The van der Waals surface area contributed by atoms with E-state index in [1.54, 1.807) is 12.1 Å². The van der Waals surface area contributed by atoms with E-state index in [0.717, 1.165) is 6.07 Å². The predicted octanol–water partition coefficient (Wildman–Crippen LogP) is 4.62. The van der Waals surface area contributed by atoms with Crippen LogP contribution in [0.3, 0.4) is 0 Å². The average molecular weight is 487 g/mol. The van der Waals surface area contributed by atoms with Crippen molar-refractivity contribution < 1.29 is 26.7 Å². The first kappa shape index (κ1) is 18.9. The van der Waals surface area contributed by atoms with Gasteiger partial charge >= 0.3 is 6.61 Å². The van der Waals surface area contributed by atoms with Crippen LogP contribution < -0.4 is 14.2 Å². The molecule has 5 nitrogen and oxygen atoms in total. The molecule has 0 aliphatic carbocycles. The summed E-state index contributed by atoms with van der Waals surface area (Å²) in [6, 6.07) is 8.47. The number of halogens is 4. The molecule has 2 rings (SSSR count). The second-order valence-corrected chi connectivity index (χ2v) is 7.85. The van der Waals surface area contributed by atoms with Gasteiger partial charge in [-0.3, -0.25) is 4.72 Å². The highest BCUT2D eigenvalue weighted by molar-refractivity contribution is 9.11. The van der Waals surface area contributed by atoms with E-state index in [0.29, 0.717) is 8.95 Å². The molecule has 0 aliphatic heterocycles. The van der Waals surface area contributed by atoms with E-state index < -0.39 is 16.6 Å². The Kier molecular flexibility index (Phi) is 6.05. The summed E-state index contributed by atoms with van der Waals surface area (Å²) in [5, 5.41) is 0. The van der Waals surface area contributed by atoms with Crippen LogP contribution in [0, 0.1) is 0 Å². The molecule has 0 aliphatic rings. The lowest BCUT2D eigenvalue weighted by atomic mass is 10.3. The summed E-state index contributed by atoms with van der Waals surface area (Å²) in [5.74, 6) is -0.220. The van der Waals surface area contributed by atoms with Crippen LogP contribution in [0.1, 0.15) is 0 Å². The lowest BCUT2D eigenvalue weighted by Gasteiger charge is -2.13. The molecule has 2 aromatic carbocycles. The summed E-state index contributed by atoms with van der Waals surface area (Å²) in [6.07, 6.45) is 0. The number of hydrogen-bond donors (Lipinski definition) is 1. The van der Waals surface area contributed by atoms with Crippen molar-refractivity contribution in [2.75, 3.05) is 11.8 Å². The van der Waals surface area contributed by atoms with E-state index >= 15 is 0 Å². The summed E-state index contributed by atoms with van der Waals surface area (Å²) in [7, 11) is -2.65. The first-order chi connectivity index (χ1) is 11.2. The fourth-order valence-corrected chi connectivity index (χ4v) is 4.37. The van der Waals surface area contributed by atoms with E-state index in [4.69, 9.17) is 4.74 Å². The van der Waals surface area contributed by atoms with E-state index in [1.807, 2.05) is 0 Å². The summed E-state index contributed by atoms with van der Waals surface area (Å²) < 4.78 is 62.3. The standard InChI is InChI=1S/C14H11Br2F2NO4S/c1-22-11-5-3-9(7-12(11)23-14(17)18)19-24(20,21)13-6-8(15)2-4-10(13)16/h2-7,14,19H,1H3. The van der Waals surface area contributed by atoms with Gasteiger partial charge in [0.25, 0.3) is 10.0 Å². The van der Waals surface area contributed by atoms with Crippen molar-refractivity contribution in [3.63, 3.8) is 0 Å². The van der Waals surface area contributed by atoms with Gasteiger partial charge in [0, 0.05) is 15.0 Å². The molecule has 1 N–H and O–H groups in total. The molecule has 0 aromatic heterocycles. The van der Waals surface area contributed by atoms with Gasteiger partial charge in [-0.25, -0.2) is 8.42 Å². The Hall–Kier alpha value is -1.39. The number of anilines is 1. The zero-order valence-electron chi connectivity index (χ0n) is 12.1. The molecule has 0 saturated carbocycles. The Morgan fingerprint density at radius 1 is 1.08 bits per heavy atom. The van der Waals surface area contributed by atoms with E-state index in [1.165, 1.54) is 25.3 Å². The minimum absolute atomic E-state index is 0.0102. The highest BCUT2D eigenvalue weighted by Crippen LogP contribution is 2.33. The highest BCUT2D eigenvalue weighted by atomic mass is 79.9. The SMILES string of the molecule is COc1ccc(NS(=O)(=O)c2cc(Br)ccc2Br)cc1OC(F)F. The zero-order chi connectivity index (χ0) is 17.9. The number of ether oxygens (including phenoxy) is 2. The van der Waals surface area contributed by atoms with Gasteiger partial charge in [-0.15, -0.1) is 0 Å². The van der Waals surface area contributed by atoms with Gasteiger partial charge < -0.3 is 9.47 Å². The van der Waals surface area contributed by atoms with Crippen LogP contribution in [0.2, 0.25) is 0 Å². The fraction of sp³-hybridized carbons (Fsp3) is 0.143. The van der Waals surface area contributed by atoms with Crippen molar-refractivity contribution in [3.8, 4) is 11.5 Å². The molecule has 10 heteroatoms. The molecule has 0 amide bonds. The number of alkyl halides is 2. The van der Waals surface area contributed by atoms with E-state index in [2.05, 4.69) is 41.3 Å². The monoisotopic (exact) mass is 485 g/mol. The topological polar surface area (TPSA) is 64.6 Å². The lowest BCUT2D eigenvalue weighted by molar-refractivity contribution is -0.0511. The number of sulfonamides is 1. The number of benzene rings is 2. The van der Waals surface area contributed by atoms with Crippen LogP contribution in [-0.4, -0.2) is 22.1 Å². The third kappa shape index (κ3) is 4.58. The molecular weight excluding hydrogens is 476 g/mol. The molecule has 2 aromatic rings. The molecule has 0 bridgehead atoms. The van der Waals surface area contributed by atoms with E-state index in [-0.39, 0.29) is 22.1 Å². The van der Waals surface area contributed by atoms with Crippen LogP contribution in [0.5, 0.6) is 11.5 Å². The molecule has 0 heterocycles. The molecule has 0 atom stereocenters. The van der Waals surface area contributed by atoms with Gasteiger partial charge in [0.1, 0.15) is 4.90 Å². The number of methoxy groups -OCH3 is 1. The van der Waals surface area contributed by atoms with Crippen molar-refractivity contribution in [1.29, 1.82) is 0 Å². The van der Waals surface area contributed by atoms with Gasteiger partial charge in [-0.2, -0.15) is 8.78 Å². The van der Waals surface area contributed by atoms with Gasteiger partial charge in [-0.05, 0) is 46.3 Å². The summed E-state index contributed by atoms with van der Waals surface area (Å²) in [5.41, 5.74) is 0.0540. The Balaban J connectivity index is 2.37. The molecule has 0 saturated heterocycles. The quantitative estimate of drug-likeness (QED) is 0.646. The lowest BCUT2D eigenvalue weighted by Crippen LogP contribution is -2.14. The van der Waals surface area contributed by atoms with Crippen LogP contribution in [0.15, 0.2) is 50.2 Å². The molecule has 130 valence electrons. The largest absolute Gasteiger partial charge is 0.493 e. The van der Waals surface area contributed by atoms with Crippen LogP contribution in [0.25, 0.3) is 0 Å². The van der Waals surface area contributed by atoms with Crippen LogP contribution in [0.4, 0.5) is 14.5 Å². The number of hydrogen-bond acceptors (Lipinski definition) is 4. The predicted molar refractivity (Wildman–Crippen MR) is 92.3 cm³/mol. The van der Waals surface area contributed by atoms with Gasteiger partial charge in [-0.1, -0.05) is 15.9 Å². The van der Waals surface area contributed by atoms with Crippen molar-refractivity contribution in [3.05, 3.63) is 45.3 Å². The first-order valence-corrected chi connectivity index (χ1v) is 9.40. The minimum atomic E-state index is -3.94. The third-order valence-electron chi connectivity index (χ3n) is 2.81. The van der Waals surface area contributed by atoms with Crippen molar-refractivity contribution in [2.45, 2.75) is 11.5 Å². The van der Waals surface area contributed by atoms with Gasteiger partial charge in [0.2, 0.25) is 0 Å². The van der Waals surface area contributed by atoms with Gasteiger partial charge in [0.15, 0.2) is 11.5 Å². The van der Waals surface area contributed by atoms with Gasteiger partial charge in [0.05, 0.1) is 12.8 Å². The maximum absolute atomic E-state index is 12.5. The normalized spacial score (nSPS) is 11.4. The van der Waals surface area contributed by atoms with Crippen LogP contribution >= 0.6 is 31.9 Å². The Morgan fingerprint density at radius 2 is 1.79 bits per heavy atom. The smallest absolute Gasteiger partial charge is 0.387 e. The molecule has 24 heavy (non-hydrogen) atoms. The maximum atomic E-state index is 12.5. The number of nitrogens with one attached hydrogen (secondary N) is 1. The summed E-state index contributed by atoms with van der Waals surface area (Å²) >= 11 is 6.36. The minimum Gasteiger partial charge on any atom is -0.493 e. The number of rotatable bonds is 6. The molecule has 0 unspecified atom stereocenters. The van der Waals surface area contributed by atoms with Crippen LogP contribution in [-0.2, 0) is 10.0 Å². The van der Waals surface area contributed by atoms with Crippen molar-refractivity contribution in [1.82, 2.24) is 0 Å². The Bertz CT molecular complexity index is 847.